The lowest BCUT2D eigenvalue weighted by Crippen LogP contribution is -2.41. The molecule has 0 heterocycles. The van der Waals surface area contributed by atoms with Crippen molar-refractivity contribution in [2.24, 2.45) is 5.92 Å². The van der Waals surface area contributed by atoms with E-state index in [0.717, 1.165) is 18.1 Å². The lowest BCUT2D eigenvalue weighted by Gasteiger charge is -2.24. The van der Waals surface area contributed by atoms with E-state index >= 15 is 0 Å². The molecule has 0 spiro atoms. The van der Waals surface area contributed by atoms with Crippen LogP contribution in [0.25, 0.3) is 0 Å². The molecule has 90 valence electrons. The fourth-order valence-corrected chi connectivity index (χ4v) is 2.80. The Morgan fingerprint density at radius 2 is 2.13 bits per heavy atom. The highest BCUT2D eigenvalue weighted by atomic mass is 32.2. The standard InChI is InChI=1S/C12H25NOS/c1-3-4-12(10-5-6-10)13-11(7-8-14)9-15-2/h10-14H,3-9H2,1-2H3. The molecule has 15 heavy (non-hydrogen) atoms. The summed E-state index contributed by atoms with van der Waals surface area (Å²) in [5.41, 5.74) is 0. The summed E-state index contributed by atoms with van der Waals surface area (Å²) in [6.45, 7) is 2.56. The lowest BCUT2D eigenvalue weighted by molar-refractivity contribution is 0.259. The zero-order valence-corrected chi connectivity index (χ0v) is 10.9. The van der Waals surface area contributed by atoms with Gasteiger partial charge in [-0.25, -0.2) is 0 Å². The highest BCUT2D eigenvalue weighted by molar-refractivity contribution is 7.98. The molecular formula is C12H25NOS. The van der Waals surface area contributed by atoms with Crippen LogP contribution in [0, 0.1) is 5.92 Å². The number of hydrogen-bond acceptors (Lipinski definition) is 3. The second kappa shape index (κ2) is 7.53. The van der Waals surface area contributed by atoms with Gasteiger partial charge < -0.3 is 10.4 Å². The smallest absolute Gasteiger partial charge is 0.0446 e. The molecule has 2 N–H and O–H groups in total. The van der Waals surface area contributed by atoms with Crippen LogP contribution in [0.1, 0.15) is 39.0 Å². The highest BCUT2D eigenvalue weighted by Gasteiger charge is 2.31. The van der Waals surface area contributed by atoms with Crippen molar-refractivity contribution < 1.29 is 5.11 Å². The third kappa shape index (κ3) is 5.23. The first-order valence-corrected chi connectivity index (χ1v) is 7.57. The molecule has 1 aliphatic rings. The van der Waals surface area contributed by atoms with Crippen LogP contribution in [-0.4, -0.2) is 35.8 Å². The molecule has 1 saturated carbocycles. The van der Waals surface area contributed by atoms with Gasteiger partial charge in [0.2, 0.25) is 0 Å². The highest BCUT2D eigenvalue weighted by Crippen LogP contribution is 2.34. The van der Waals surface area contributed by atoms with Gasteiger partial charge in [-0.3, -0.25) is 0 Å². The van der Waals surface area contributed by atoms with Crippen LogP contribution in [0.4, 0.5) is 0 Å². The minimum atomic E-state index is 0.307. The second-order valence-corrected chi connectivity index (χ2v) is 5.47. The molecule has 1 fully saturated rings. The summed E-state index contributed by atoms with van der Waals surface area (Å²) < 4.78 is 0. The molecule has 2 unspecified atom stereocenters. The van der Waals surface area contributed by atoms with Crippen LogP contribution < -0.4 is 5.32 Å². The molecule has 0 aromatic rings. The maximum atomic E-state index is 9.01. The molecule has 0 aliphatic heterocycles. The van der Waals surface area contributed by atoms with Crippen LogP contribution in [-0.2, 0) is 0 Å². The number of aliphatic hydroxyl groups is 1. The van der Waals surface area contributed by atoms with Gasteiger partial charge >= 0.3 is 0 Å². The summed E-state index contributed by atoms with van der Waals surface area (Å²) in [6, 6.07) is 1.21. The maximum absolute atomic E-state index is 9.01. The number of aliphatic hydroxyl groups excluding tert-OH is 1. The van der Waals surface area contributed by atoms with Crippen molar-refractivity contribution >= 4 is 11.8 Å². The monoisotopic (exact) mass is 231 g/mol. The minimum Gasteiger partial charge on any atom is -0.396 e. The van der Waals surface area contributed by atoms with Crippen molar-refractivity contribution in [2.45, 2.75) is 51.1 Å². The van der Waals surface area contributed by atoms with Crippen LogP contribution >= 0.6 is 11.8 Å². The van der Waals surface area contributed by atoms with Gasteiger partial charge in [0, 0.05) is 24.4 Å². The van der Waals surface area contributed by atoms with E-state index in [4.69, 9.17) is 5.11 Å². The summed E-state index contributed by atoms with van der Waals surface area (Å²) in [7, 11) is 0. The minimum absolute atomic E-state index is 0.307. The first-order valence-electron chi connectivity index (χ1n) is 6.17. The summed E-state index contributed by atoms with van der Waals surface area (Å²) in [6.07, 6.45) is 8.40. The zero-order valence-electron chi connectivity index (χ0n) is 10.0. The topological polar surface area (TPSA) is 32.3 Å². The van der Waals surface area contributed by atoms with Gasteiger partial charge in [0.15, 0.2) is 0 Å². The Balaban J connectivity index is 2.30. The molecular weight excluding hydrogens is 206 g/mol. The molecule has 0 aromatic heterocycles. The average molecular weight is 231 g/mol. The van der Waals surface area contributed by atoms with Crippen LogP contribution in [0.5, 0.6) is 0 Å². The summed E-state index contributed by atoms with van der Waals surface area (Å²) in [4.78, 5) is 0. The Morgan fingerprint density at radius 1 is 1.40 bits per heavy atom. The zero-order chi connectivity index (χ0) is 11.1. The van der Waals surface area contributed by atoms with Crippen LogP contribution in [0.3, 0.4) is 0 Å². The summed E-state index contributed by atoms with van der Waals surface area (Å²) in [5.74, 6) is 2.04. The van der Waals surface area contributed by atoms with Crippen LogP contribution in [0.2, 0.25) is 0 Å². The van der Waals surface area contributed by atoms with Crippen molar-refractivity contribution in [3.63, 3.8) is 0 Å². The summed E-state index contributed by atoms with van der Waals surface area (Å²) >= 11 is 1.87. The Hall–Kier alpha value is 0.270. The Kier molecular flexibility index (Phi) is 6.69. The lowest BCUT2D eigenvalue weighted by atomic mass is 10.1. The van der Waals surface area contributed by atoms with Crippen molar-refractivity contribution in [2.75, 3.05) is 18.6 Å². The van der Waals surface area contributed by atoms with E-state index in [0.29, 0.717) is 18.7 Å². The molecule has 0 saturated heterocycles. The van der Waals surface area contributed by atoms with E-state index < -0.39 is 0 Å². The van der Waals surface area contributed by atoms with Crippen molar-refractivity contribution in [1.29, 1.82) is 0 Å². The van der Waals surface area contributed by atoms with E-state index in [1.54, 1.807) is 0 Å². The Labute approximate surface area is 98.2 Å². The fraction of sp³-hybridized carbons (Fsp3) is 1.00. The fourth-order valence-electron chi connectivity index (χ4n) is 2.14. The van der Waals surface area contributed by atoms with Gasteiger partial charge in [-0.2, -0.15) is 11.8 Å². The van der Waals surface area contributed by atoms with Crippen molar-refractivity contribution in [3.8, 4) is 0 Å². The van der Waals surface area contributed by atoms with Gasteiger partial charge in [-0.15, -0.1) is 0 Å². The molecule has 3 heteroatoms. The molecule has 0 radical (unpaired) electrons. The number of thioether (sulfide) groups is 1. The Bertz CT molecular complexity index is 156. The van der Waals surface area contributed by atoms with Crippen molar-refractivity contribution in [3.05, 3.63) is 0 Å². The van der Waals surface area contributed by atoms with E-state index in [1.807, 2.05) is 11.8 Å². The molecule has 0 bridgehead atoms. The average Bonchev–Trinajstić information content (AvgIpc) is 3.01. The van der Waals surface area contributed by atoms with E-state index in [2.05, 4.69) is 18.5 Å². The van der Waals surface area contributed by atoms with Gasteiger partial charge in [-0.05, 0) is 37.9 Å². The van der Waals surface area contributed by atoms with E-state index in [1.165, 1.54) is 25.7 Å². The molecule has 1 rings (SSSR count). The van der Waals surface area contributed by atoms with Gasteiger partial charge in [0.1, 0.15) is 0 Å². The normalized spacial score (nSPS) is 20.2. The van der Waals surface area contributed by atoms with Crippen LogP contribution in [0.15, 0.2) is 0 Å². The number of rotatable bonds is 9. The Morgan fingerprint density at radius 3 is 2.60 bits per heavy atom. The molecule has 0 amide bonds. The first kappa shape index (κ1) is 13.3. The summed E-state index contributed by atoms with van der Waals surface area (Å²) in [5, 5.41) is 12.7. The maximum Gasteiger partial charge on any atom is 0.0446 e. The predicted molar refractivity (Wildman–Crippen MR) is 68.4 cm³/mol. The SMILES string of the molecule is CCCC(NC(CCO)CSC)C1CC1. The third-order valence-electron chi connectivity index (χ3n) is 3.09. The van der Waals surface area contributed by atoms with E-state index in [9.17, 15) is 0 Å². The molecule has 2 atom stereocenters. The molecule has 1 aliphatic carbocycles. The first-order chi connectivity index (χ1) is 7.31. The number of nitrogens with one attached hydrogen (secondary N) is 1. The largest absolute Gasteiger partial charge is 0.396 e. The van der Waals surface area contributed by atoms with Gasteiger partial charge in [0.25, 0.3) is 0 Å². The third-order valence-corrected chi connectivity index (χ3v) is 3.82. The van der Waals surface area contributed by atoms with Gasteiger partial charge in [-0.1, -0.05) is 13.3 Å². The van der Waals surface area contributed by atoms with Gasteiger partial charge in [0.05, 0.1) is 0 Å². The second-order valence-electron chi connectivity index (χ2n) is 4.56. The van der Waals surface area contributed by atoms with Crippen molar-refractivity contribution in [1.82, 2.24) is 5.32 Å². The molecule has 2 nitrogen and oxygen atoms in total. The molecule has 0 aromatic carbocycles. The number of hydrogen-bond donors (Lipinski definition) is 2. The van der Waals surface area contributed by atoms with E-state index in [-0.39, 0.29) is 0 Å². The quantitative estimate of drug-likeness (QED) is 0.638. The predicted octanol–water partition coefficient (Wildman–Crippen LogP) is 2.27.